The lowest BCUT2D eigenvalue weighted by Gasteiger charge is -2.34. The SMILES string of the molecule is CS(=O)(=O)c1cccc(N2CCCC(C(=O)Nc3ccccc3)C2)c1C#N. The van der Waals surface area contributed by atoms with Gasteiger partial charge in [0.05, 0.1) is 22.1 Å². The van der Waals surface area contributed by atoms with Gasteiger partial charge in [-0.05, 0) is 37.1 Å². The van der Waals surface area contributed by atoms with Gasteiger partial charge in [0.15, 0.2) is 9.84 Å². The van der Waals surface area contributed by atoms with E-state index in [2.05, 4.69) is 5.32 Å². The fourth-order valence-corrected chi connectivity index (χ4v) is 4.23. The van der Waals surface area contributed by atoms with E-state index >= 15 is 0 Å². The summed E-state index contributed by atoms with van der Waals surface area (Å²) in [6.07, 6.45) is 2.64. The van der Waals surface area contributed by atoms with E-state index in [0.717, 1.165) is 24.8 Å². The van der Waals surface area contributed by atoms with Gasteiger partial charge in [0, 0.05) is 25.0 Å². The van der Waals surface area contributed by atoms with E-state index in [4.69, 9.17) is 0 Å². The van der Waals surface area contributed by atoms with Crippen molar-refractivity contribution >= 4 is 27.1 Å². The minimum atomic E-state index is -3.51. The van der Waals surface area contributed by atoms with Crippen LogP contribution in [0.25, 0.3) is 0 Å². The quantitative estimate of drug-likeness (QED) is 0.877. The molecule has 1 atom stereocenters. The molecule has 6 nitrogen and oxygen atoms in total. The first kappa shape index (κ1) is 18.9. The van der Waals surface area contributed by atoms with E-state index in [1.165, 1.54) is 6.07 Å². The zero-order valence-electron chi connectivity index (χ0n) is 15.1. The van der Waals surface area contributed by atoms with Crippen LogP contribution in [0.2, 0.25) is 0 Å². The number of carbonyl (C=O) groups excluding carboxylic acids is 1. The first-order valence-electron chi connectivity index (χ1n) is 8.74. The third-order valence-corrected chi connectivity index (χ3v) is 5.83. The summed E-state index contributed by atoms with van der Waals surface area (Å²) in [7, 11) is -3.51. The molecule has 1 aliphatic rings. The van der Waals surface area contributed by atoms with Gasteiger partial charge in [-0.2, -0.15) is 5.26 Å². The molecule has 27 heavy (non-hydrogen) atoms. The van der Waals surface area contributed by atoms with Crippen LogP contribution in [0.15, 0.2) is 53.4 Å². The maximum Gasteiger partial charge on any atom is 0.229 e. The lowest BCUT2D eigenvalue weighted by Crippen LogP contribution is -2.41. The van der Waals surface area contributed by atoms with Crippen LogP contribution in [-0.2, 0) is 14.6 Å². The minimum Gasteiger partial charge on any atom is -0.370 e. The van der Waals surface area contributed by atoms with Crippen molar-refractivity contribution < 1.29 is 13.2 Å². The van der Waals surface area contributed by atoms with Crippen molar-refractivity contribution in [3.8, 4) is 6.07 Å². The highest BCUT2D eigenvalue weighted by atomic mass is 32.2. The molecule has 0 spiro atoms. The number of anilines is 2. The molecule has 0 bridgehead atoms. The van der Waals surface area contributed by atoms with Gasteiger partial charge >= 0.3 is 0 Å². The summed E-state index contributed by atoms with van der Waals surface area (Å²) in [5.74, 6) is -0.295. The normalized spacial score (nSPS) is 17.2. The van der Waals surface area contributed by atoms with Crippen LogP contribution in [0.4, 0.5) is 11.4 Å². The van der Waals surface area contributed by atoms with Gasteiger partial charge in [0.25, 0.3) is 0 Å². The summed E-state index contributed by atoms with van der Waals surface area (Å²) >= 11 is 0. The van der Waals surface area contributed by atoms with Crippen molar-refractivity contribution in [2.75, 3.05) is 29.6 Å². The standard InChI is InChI=1S/C20H21N3O3S/c1-27(25,26)19-11-5-10-18(17(19)13-21)23-12-6-7-15(14-23)20(24)22-16-8-3-2-4-9-16/h2-5,8-11,15H,6-7,12,14H2,1H3,(H,22,24). The van der Waals surface area contributed by atoms with Crippen molar-refractivity contribution in [3.05, 3.63) is 54.1 Å². The molecular formula is C20H21N3O3S. The second-order valence-corrected chi connectivity index (χ2v) is 8.66. The molecule has 1 saturated heterocycles. The molecular weight excluding hydrogens is 362 g/mol. The smallest absolute Gasteiger partial charge is 0.229 e. The molecule has 7 heteroatoms. The number of para-hydroxylation sites is 1. The first-order valence-corrected chi connectivity index (χ1v) is 10.6. The highest BCUT2D eigenvalue weighted by Gasteiger charge is 2.28. The van der Waals surface area contributed by atoms with Crippen LogP contribution in [-0.4, -0.2) is 33.7 Å². The predicted octanol–water partition coefficient (Wildman–Crippen LogP) is 2.82. The number of hydrogen-bond donors (Lipinski definition) is 1. The average molecular weight is 383 g/mol. The van der Waals surface area contributed by atoms with Crippen molar-refractivity contribution in [2.45, 2.75) is 17.7 Å². The molecule has 0 aromatic heterocycles. The molecule has 2 aromatic rings. The highest BCUT2D eigenvalue weighted by Crippen LogP contribution is 2.30. The Morgan fingerprint density at radius 3 is 2.59 bits per heavy atom. The third kappa shape index (κ3) is 4.29. The predicted molar refractivity (Wildman–Crippen MR) is 104 cm³/mol. The second kappa shape index (κ2) is 7.80. The third-order valence-electron chi connectivity index (χ3n) is 4.69. The number of amides is 1. The van der Waals surface area contributed by atoms with Crippen LogP contribution in [0, 0.1) is 17.2 Å². The van der Waals surface area contributed by atoms with Gasteiger partial charge in [0.2, 0.25) is 5.91 Å². The Bertz CT molecular complexity index is 981. The minimum absolute atomic E-state index is 0.0263. The van der Waals surface area contributed by atoms with E-state index in [-0.39, 0.29) is 22.3 Å². The molecule has 1 fully saturated rings. The Labute approximate surface area is 159 Å². The van der Waals surface area contributed by atoms with E-state index in [9.17, 15) is 18.5 Å². The Balaban J connectivity index is 1.83. The molecule has 3 rings (SSSR count). The first-order chi connectivity index (χ1) is 12.9. The number of hydrogen-bond acceptors (Lipinski definition) is 5. The number of nitriles is 1. The lowest BCUT2D eigenvalue weighted by atomic mass is 9.96. The Kier molecular flexibility index (Phi) is 5.47. The van der Waals surface area contributed by atoms with Crippen LogP contribution >= 0.6 is 0 Å². The van der Waals surface area contributed by atoms with Crippen LogP contribution in [0.5, 0.6) is 0 Å². The molecule has 2 aromatic carbocycles. The van der Waals surface area contributed by atoms with Gasteiger partial charge in [0.1, 0.15) is 6.07 Å². The second-order valence-electron chi connectivity index (χ2n) is 6.67. The van der Waals surface area contributed by atoms with E-state index < -0.39 is 9.84 Å². The fourth-order valence-electron chi connectivity index (χ4n) is 3.38. The number of sulfone groups is 1. The molecule has 140 valence electrons. The van der Waals surface area contributed by atoms with Gasteiger partial charge in [-0.3, -0.25) is 4.79 Å². The summed E-state index contributed by atoms with van der Waals surface area (Å²) in [4.78, 5) is 14.6. The Morgan fingerprint density at radius 2 is 1.93 bits per heavy atom. The Hall–Kier alpha value is -2.85. The molecule has 1 unspecified atom stereocenters. The number of rotatable bonds is 4. The number of carbonyl (C=O) groups is 1. The highest BCUT2D eigenvalue weighted by molar-refractivity contribution is 7.90. The molecule has 1 aliphatic heterocycles. The van der Waals surface area contributed by atoms with Crippen LogP contribution < -0.4 is 10.2 Å². The molecule has 0 radical (unpaired) electrons. The zero-order chi connectivity index (χ0) is 19.4. The summed E-state index contributed by atoms with van der Waals surface area (Å²) < 4.78 is 24.0. The topological polar surface area (TPSA) is 90.3 Å². The van der Waals surface area contributed by atoms with Gasteiger partial charge < -0.3 is 10.2 Å². The maximum absolute atomic E-state index is 12.6. The van der Waals surface area contributed by atoms with E-state index in [0.29, 0.717) is 18.8 Å². The van der Waals surface area contributed by atoms with Gasteiger partial charge in [-0.1, -0.05) is 24.3 Å². The van der Waals surface area contributed by atoms with Crippen molar-refractivity contribution in [1.82, 2.24) is 0 Å². The summed E-state index contributed by atoms with van der Waals surface area (Å²) in [6, 6.07) is 16.1. The van der Waals surface area contributed by atoms with Crippen LogP contribution in [0.3, 0.4) is 0 Å². The van der Waals surface area contributed by atoms with Gasteiger partial charge in [-0.15, -0.1) is 0 Å². The van der Waals surface area contributed by atoms with E-state index in [1.807, 2.05) is 41.3 Å². The fraction of sp³-hybridized carbons (Fsp3) is 0.300. The maximum atomic E-state index is 12.6. The monoisotopic (exact) mass is 383 g/mol. The molecule has 1 amide bonds. The average Bonchev–Trinajstić information content (AvgIpc) is 2.67. The molecule has 1 N–H and O–H groups in total. The lowest BCUT2D eigenvalue weighted by molar-refractivity contribution is -0.120. The molecule has 1 heterocycles. The Morgan fingerprint density at radius 1 is 1.19 bits per heavy atom. The number of nitrogens with one attached hydrogen (secondary N) is 1. The number of nitrogens with zero attached hydrogens (tertiary/aromatic N) is 2. The molecule has 0 aliphatic carbocycles. The van der Waals surface area contributed by atoms with Gasteiger partial charge in [-0.25, -0.2) is 8.42 Å². The van der Waals surface area contributed by atoms with Crippen LogP contribution in [0.1, 0.15) is 18.4 Å². The summed E-state index contributed by atoms with van der Waals surface area (Å²) in [5.41, 5.74) is 1.46. The van der Waals surface area contributed by atoms with Crippen molar-refractivity contribution in [2.24, 2.45) is 5.92 Å². The van der Waals surface area contributed by atoms with Crippen molar-refractivity contribution in [1.29, 1.82) is 5.26 Å². The summed E-state index contributed by atoms with van der Waals surface area (Å²) in [5, 5.41) is 12.5. The number of piperidine rings is 1. The summed E-state index contributed by atoms with van der Waals surface area (Å²) in [6.45, 7) is 1.12. The molecule has 0 saturated carbocycles. The van der Waals surface area contributed by atoms with Crippen molar-refractivity contribution in [3.63, 3.8) is 0 Å². The van der Waals surface area contributed by atoms with E-state index in [1.54, 1.807) is 12.1 Å². The largest absolute Gasteiger partial charge is 0.370 e. The number of benzene rings is 2. The zero-order valence-corrected chi connectivity index (χ0v) is 15.9.